The molecule has 0 spiro atoms. The smallest absolute Gasteiger partial charge is 0.124 e. The zero-order chi connectivity index (χ0) is 13.0. The topological polar surface area (TPSA) is 50.7 Å². The highest BCUT2D eigenvalue weighted by atomic mass is 35.5. The Bertz CT molecular complexity index is 405. The Balaban J connectivity index is 1.94. The zero-order valence-corrected chi connectivity index (χ0v) is 11.2. The summed E-state index contributed by atoms with van der Waals surface area (Å²) in [4.78, 5) is 0. The third-order valence-electron chi connectivity index (χ3n) is 3.13. The van der Waals surface area contributed by atoms with Crippen molar-refractivity contribution in [3.63, 3.8) is 0 Å². The van der Waals surface area contributed by atoms with Gasteiger partial charge in [0.1, 0.15) is 11.4 Å². The van der Waals surface area contributed by atoms with Gasteiger partial charge in [0.2, 0.25) is 0 Å². The molecule has 2 rings (SSSR count). The first-order valence-electron chi connectivity index (χ1n) is 5.97. The van der Waals surface area contributed by atoms with Crippen LogP contribution in [0.1, 0.15) is 12.0 Å². The minimum atomic E-state index is -0.755. The van der Waals surface area contributed by atoms with Crippen molar-refractivity contribution in [2.24, 2.45) is 0 Å². The molecular formula is C13H18ClNO3. The van der Waals surface area contributed by atoms with Crippen LogP contribution < -0.4 is 10.1 Å². The van der Waals surface area contributed by atoms with E-state index < -0.39 is 5.60 Å². The maximum atomic E-state index is 10.1. The predicted octanol–water partition coefficient (Wildman–Crippen LogP) is 1.59. The lowest BCUT2D eigenvalue weighted by atomic mass is 10.0. The third kappa shape index (κ3) is 3.14. The Morgan fingerprint density at radius 1 is 1.56 bits per heavy atom. The lowest BCUT2D eigenvalue weighted by Crippen LogP contribution is -2.40. The second-order valence-corrected chi connectivity index (χ2v) is 4.96. The van der Waals surface area contributed by atoms with Gasteiger partial charge in [-0.25, -0.2) is 0 Å². The van der Waals surface area contributed by atoms with Gasteiger partial charge in [-0.15, -0.1) is 0 Å². The Morgan fingerprint density at radius 2 is 2.39 bits per heavy atom. The Hall–Kier alpha value is -0.810. The summed E-state index contributed by atoms with van der Waals surface area (Å²) in [7, 11) is 1.62. The second kappa shape index (κ2) is 5.89. The van der Waals surface area contributed by atoms with Crippen molar-refractivity contribution in [1.82, 2.24) is 5.32 Å². The van der Waals surface area contributed by atoms with Crippen LogP contribution in [-0.2, 0) is 11.3 Å². The molecule has 1 unspecified atom stereocenters. The highest BCUT2D eigenvalue weighted by Crippen LogP contribution is 2.26. The van der Waals surface area contributed by atoms with Crippen molar-refractivity contribution in [3.8, 4) is 5.75 Å². The predicted molar refractivity (Wildman–Crippen MR) is 70.1 cm³/mol. The number of halogens is 1. The van der Waals surface area contributed by atoms with E-state index in [1.165, 1.54) is 0 Å². The van der Waals surface area contributed by atoms with E-state index in [0.717, 1.165) is 11.3 Å². The van der Waals surface area contributed by atoms with Crippen LogP contribution in [0.3, 0.4) is 0 Å². The van der Waals surface area contributed by atoms with E-state index in [-0.39, 0.29) is 0 Å². The first-order valence-corrected chi connectivity index (χ1v) is 6.35. The van der Waals surface area contributed by atoms with Crippen LogP contribution in [0.2, 0.25) is 5.02 Å². The molecule has 1 fully saturated rings. The van der Waals surface area contributed by atoms with Crippen LogP contribution in [-0.4, -0.2) is 37.6 Å². The van der Waals surface area contributed by atoms with Gasteiger partial charge in [-0.1, -0.05) is 17.7 Å². The summed E-state index contributed by atoms with van der Waals surface area (Å²) in [6.07, 6.45) is 0.666. The molecule has 0 aromatic heterocycles. The number of methoxy groups -OCH3 is 1. The molecule has 0 bridgehead atoms. The standard InChI is InChI=1S/C13H18ClNO3/c1-17-12-4-2-3-11(14)10(12)7-15-8-13(16)5-6-18-9-13/h2-4,15-16H,5-9H2,1H3. The number of aliphatic hydroxyl groups is 1. The maximum absolute atomic E-state index is 10.1. The van der Waals surface area contributed by atoms with Crippen LogP contribution in [0.5, 0.6) is 5.75 Å². The van der Waals surface area contributed by atoms with Crippen molar-refractivity contribution in [2.45, 2.75) is 18.6 Å². The van der Waals surface area contributed by atoms with E-state index in [0.29, 0.717) is 37.7 Å². The average Bonchev–Trinajstić information content (AvgIpc) is 2.78. The largest absolute Gasteiger partial charge is 0.496 e. The van der Waals surface area contributed by atoms with Gasteiger partial charge in [0, 0.05) is 36.7 Å². The molecule has 2 N–H and O–H groups in total. The van der Waals surface area contributed by atoms with E-state index in [2.05, 4.69) is 5.32 Å². The molecule has 1 heterocycles. The number of rotatable bonds is 5. The third-order valence-corrected chi connectivity index (χ3v) is 3.49. The molecular weight excluding hydrogens is 254 g/mol. The highest BCUT2D eigenvalue weighted by molar-refractivity contribution is 6.31. The van der Waals surface area contributed by atoms with E-state index >= 15 is 0 Å². The van der Waals surface area contributed by atoms with Crippen molar-refractivity contribution in [1.29, 1.82) is 0 Å². The molecule has 4 nitrogen and oxygen atoms in total. The molecule has 0 aliphatic carbocycles. The number of ether oxygens (including phenoxy) is 2. The molecule has 0 radical (unpaired) electrons. The van der Waals surface area contributed by atoms with Crippen molar-refractivity contribution in [2.75, 3.05) is 26.9 Å². The first kappa shape index (κ1) is 13.6. The van der Waals surface area contributed by atoms with Crippen molar-refractivity contribution in [3.05, 3.63) is 28.8 Å². The number of benzene rings is 1. The van der Waals surface area contributed by atoms with E-state index in [1.54, 1.807) is 7.11 Å². The molecule has 1 saturated heterocycles. The highest BCUT2D eigenvalue weighted by Gasteiger charge is 2.31. The summed E-state index contributed by atoms with van der Waals surface area (Å²) < 4.78 is 10.5. The minimum absolute atomic E-state index is 0.389. The van der Waals surface area contributed by atoms with Gasteiger partial charge in [-0.05, 0) is 12.1 Å². The fourth-order valence-electron chi connectivity index (χ4n) is 2.06. The fraction of sp³-hybridized carbons (Fsp3) is 0.538. The van der Waals surface area contributed by atoms with E-state index in [1.807, 2.05) is 18.2 Å². The molecule has 1 aromatic rings. The number of hydrogen-bond donors (Lipinski definition) is 2. The van der Waals surface area contributed by atoms with Crippen LogP contribution >= 0.6 is 11.6 Å². The van der Waals surface area contributed by atoms with Crippen LogP contribution in [0.15, 0.2) is 18.2 Å². The van der Waals surface area contributed by atoms with Crippen LogP contribution in [0.25, 0.3) is 0 Å². The molecule has 1 aromatic carbocycles. The van der Waals surface area contributed by atoms with Gasteiger partial charge < -0.3 is 19.9 Å². The summed E-state index contributed by atoms with van der Waals surface area (Å²) in [5, 5.41) is 14.0. The first-order chi connectivity index (χ1) is 8.64. The van der Waals surface area contributed by atoms with E-state index in [9.17, 15) is 5.11 Å². The monoisotopic (exact) mass is 271 g/mol. The zero-order valence-electron chi connectivity index (χ0n) is 10.4. The molecule has 1 aliphatic rings. The van der Waals surface area contributed by atoms with Gasteiger partial charge in [0.25, 0.3) is 0 Å². The summed E-state index contributed by atoms with van der Waals surface area (Å²) in [5.74, 6) is 0.754. The number of hydrogen-bond acceptors (Lipinski definition) is 4. The Labute approximate surface area is 112 Å². The molecule has 18 heavy (non-hydrogen) atoms. The molecule has 100 valence electrons. The average molecular weight is 272 g/mol. The minimum Gasteiger partial charge on any atom is -0.496 e. The quantitative estimate of drug-likeness (QED) is 0.854. The normalized spacial score (nSPS) is 23.3. The SMILES string of the molecule is COc1cccc(Cl)c1CNCC1(O)CCOC1. The summed E-state index contributed by atoms with van der Waals surface area (Å²) in [5.41, 5.74) is 0.151. The summed E-state index contributed by atoms with van der Waals surface area (Å²) in [6.45, 7) is 2.06. The Kier molecular flexibility index (Phi) is 4.45. The van der Waals surface area contributed by atoms with Gasteiger partial charge in [-0.2, -0.15) is 0 Å². The Morgan fingerprint density at radius 3 is 3.06 bits per heavy atom. The lowest BCUT2D eigenvalue weighted by Gasteiger charge is -2.21. The lowest BCUT2D eigenvalue weighted by molar-refractivity contribution is 0.0268. The molecule has 0 amide bonds. The van der Waals surface area contributed by atoms with E-state index in [4.69, 9.17) is 21.1 Å². The molecule has 1 atom stereocenters. The van der Waals surface area contributed by atoms with Crippen molar-refractivity contribution >= 4 is 11.6 Å². The summed E-state index contributed by atoms with van der Waals surface area (Å²) in [6, 6.07) is 5.55. The summed E-state index contributed by atoms with van der Waals surface area (Å²) >= 11 is 6.13. The van der Waals surface area contributed by atoms with Gasteiger partial charge in [0.15, 0.2) is 0 Å². The second-order valence-electron chi connectivity index (χ2n) is 4.55. The molecule has 1 aliphatic heterocycles. The maximum Gasteiger partial charge on any atom is 0.124 e. The van der Waals surface area contributed by atoms with Crippen molar-refractivity contribution < 1.29 is 14.6 Å². The van der Waals surface area contributed by atoms with Gasteiger partial charge >= 0.3 is 0 Å². The fourth-order valence-corrected chi connectivity index (χ4v) is 2.29. The van der Waals surface area contributed by atoms with Gasteiger partial charge in [-0.3, -0.25) is 0 Å². The van der Waals surface area contributed by atoms with Crippen LogP contribution in [0.4, 0.5) is 0 Å². The molecule has 0 saturated carbocycles. The van der Waals surface area contributed by atoms with Crippen LogP contribution in [0, 0.1) is 0 Å². The molecule has 5 heteroatoms. The number of nitrogens with one attached hydrogen (secondary N) is 1. The van der Waals surface area contributed by atoms with Gasteiger partial charge in [0.05, 0.1) is 13.7 Å².